The van der Waals surface area contributed by atoms with E-state index in [9.17, 15) is 0 Å². The lowest BCUT2D eigenvalue weighted by Crippen LogP contribution is -1.79. The topological polar surface area (TPSA) is 38.9 Å². The van der Waals surface area contributed by atoms with Crippen molar-refractivity contribution >= 4 is 15.9 Å². The first-order valence-electron chi connectivity index (χ1n) is 3.38. The Hall–Kier alpha value is -1.16. The predicted octanol–water partition coefficient (Wildman–Crippen LogP) is 2.50. The zero-order chi connectivity index (χ0) is 8.39. The van der Waals surface area contributed by atoms with Gasteiger partial charge in [-0.2, -0.15) is 0 Å². The van der Waals surface area contributed by atoms with Crippen molar-refractivity contribution in [3.8, 4) is 11.5 Å². The highest BCUT2D eigenvalue weighted by molar-refractivity contribution is 9.10. The van der Waals surface area contributed by atoms with Crippen LogP contribution in [0.3, 0.4) is 0 Å². The van der Waals surface area contributed by atoms with E-state index >= 15 is 0 Å². The second kappa shape index (κ2) is 3.06. The van der Waals surface area contributed by atoms with Gasteiger partial charge in [0.05, 0.1) is 11.8 Å². The Balaban J connectivity index is 2.43. The summed E-state index contributed by atoms with van der Waals surface area (Å²) in [5.41, 5.74) is 0.878. The summed E-state index contributed by atoms with van der Waals surface area (Å²) in [5.74, 6) is 0.593. The third-order valence-electron chi connectivity index (χ3n) is 1.41. The molecule has 0 radical (unpaired) electrons. The summed E-state index contributed by atoms with van der Waals surface area (Å²) in [6.45, 7) is 0. The van der Waals surface area contributed by atoms with Crippen LogP contribution in [-0.4, -0.2) is 9.97 Å². The minimum atomic E-state index is 0.593. The summed E-state index contributed by atoms with van der Waals surface area (Å²) in [5, 5.41) is 0. The van der Waals surface area contributed by atoms with Gasteiger partial charge < -0.3 is 4.42 Å². The van der Waals surface area contributed by atoms with Crippen LogP contribution in [-0.2, 0) is 0 Å². The number of rotatable bonds is 1. The highest BCUT2D eigenvalue weighted by Crippen LogP contribution is 2.16. The first-order valence-corrected chi connectivity index (χ1v) is 4.17. The van der Waals surface area contributed by atoms with Gasteiger partial charge in [0, 0.05) is 6.20 Å². The molecule has 12 heavy (non-hydrogen) atoms. The van der Waals surface area contributed by atoms with E-state index in [1.807, 2.05) is 12.1 Å². The molecule has 2 aromatic heterocycles. The number of hydrogen-bond acceptors (Lipinski definition) is 3. The normalized spacial score (nSPS) is 10.1. The Morgan fingerprint density at radius 2 is 2.17 bits per heavy atom. The van der Waals surface area contributed by atoms with Gasteiger partial charge in [0.15, 0.2) is 0 Å². The first-order chi connectivity index (χ1) is 5.86. The average molecular weight is 225 g/mol. The molecule has 0 saturated carbocycles. The third-order valence-corrected chi connectivity index (χ3v) is 1.88. The molecule has 0 bridgehead atoms. The van der Waals surface area contributed by atoms with Crippen LogP contribution in [0.5, 0.6) is 0 Å². The van der Waals surface area contributed by atoms with E-state index in [0.29, 0.717) is 5.89 Å². The third kappa shape index (κ3) is 1.38. The van der Waals surface area contributed by atoms with E-state index in [0.717, 1.165) is 10.2 Å². The Bertz CT molecular complexity index is 355. The van der Waals surface area contributed by atoms with Gasteiger partial charge in [0.25, 0.3) is 0 Å². The number of aromatic nitrogens is 2. The first kappa shape index (κ1) is 7.49. The molecule has 0 N–H and O–H groups in total. The Morgan fingerprint density at radius 1 is 1.25 bits per heavy atom. The van der Waals surface area contributed by atoms with Crippen LogP contribution in [0.2, 0.25) is 0 Å². The van der Waals surface area contributed by atoms with Gasteiger partial charge in [-0.25, -0.2) is 9.97 Å². The molecule has 0 aliphatic carbocycles. The summed E-state index contributed by atoms with van der Waals surface area (Å²) in [4.78, 5) is 8.05. The van der Waals surface area contributed by atoms with Crippen molar-refractivity contribution in [3.63, 3.8) is 0 Å². The fraction of sp³-hybridized carbons (Fsp3) is 0. The SMILES string of the molecule is Brc1ccc(-c2ncco2)cn1. The summed E-state index contributed by atoms with van der Waals surface area (Å²) >= 11 is 3.25. The Labute approximate surface area is 77.6 Å². The molecule has 4 heteroatoms. The maximum atomic E-state index is 5.09. The minimum Gasteiger partial charge on any atom is -0.444 e. The van der Waals surface area contributed by atoms with Crippen molar-refractivity contribution in [2.75, 3.05) is 0 Å². The van der Waals surface area contributed by atoms with E-state index in [1.54, 1.807) is 12.4 Å². The smallest absolute Gasteiger partial charge is 0.227 e. The zero-order valence-electron chi connectivity index (χ0n) is 6.07. The Morgan fingerprint density at radius 3 is 2.75 bits per heavy atom. The summed E-state index contributed by atoms with van der Waals surface area (Å²) in [7, 11) is 0. The molecule has 2 heterocycles. The molecule has 3 nitrogen and oxygen atoms in total. The van der Waals surface area contributed by atoms with Crippen molar-refractivity contribution in [2.24, 2.45) is 0 Å². The molecule has 60 valence electrons. The molecule has 0 fully saturated rings. The molecule has 0 aromatic carbocycles. The van der Waals surface area contributed by atoms with Gasteiger partial charge in [-0.1, -0.05) is 0 Å². The van der Waals surface area contributed by atoms with Gasteiger partial charge in [-0.3, -0.25) is 0 Å². The molecule has 0 aliphatic heterocycles. The molecule has 2 rings (SSSR count). The molecular weight excluding hydrogens is 220 g/mol. The van der Waals surface area contributed by atoms with Crippen molar-refractivity contribution < 1.29 is 4.42 Å². The largest absolute Gasteiger partial charge is 0.444 e. The van der Waals surface area contributed by atoms with E-state index in [4.69, 9.17) is 4.42 Å². The van der Waals surface area contributed by atoms with Crippen LogP contribution in [0.4, 0.5) is 0 Å². The lowest BCUT2D eigenvalue weighted by Gasteiger charge is -1.93. The van der Waals surface area contributed by atoms with Crippen LogP contribution in [0.25, 0.3) is 11.5 Å². The molecule has 0 spiro atoms. The fourth-order valence-corrected chi connectivity index (χ4v) is 1.10. The van der Waals surface area contributed by atoms with Crippen molar-refractivity contribution in [3.05, 3.63) is 35.4 Å². The molecule has 0 atom stereocenters. The summed E-state index contributed by atoms with van der Waals surface area (Å²) < 4.78 is 5.90. The minimum absolute atomic E-state index is 0.593. The number of oxazole rings is 1. The second-order valence-corrected chi connectivity index (χ2v) is 3.02. The summed E-state index contributed by atoms with van der Waals surface area (Å²) in [6, 6.07) is 3.74. The molecule has 0 aliphatic rings. The number of halogens is 1. The van der Waals surface area contributed by atoms with Crippen LogP contribution in [0.1, 0.15) is 0 Å². The van der Waals surface area contributed by atoms with Gasteiger partial charge in [0.2, 0.25) is 5.89 Å². The maximum absolute atomic E-state index is 5.09. The molecule has 2 aromatic rings. The van der Waals surface area contributed by atoms with Crippen molar-refractivity contribution in [1.29, 1.82) is 0 Å². The zero-order valence-corrected chi connectivity index (χ0v) is 7.65. The van der Waals surface area contributed by atoms with Crippen molar-refractivity contribution in [1.82, 2.24) is 9.97 Å². The molecule has 0 saturated heterocycles. The number of pyridine rings is 1. The van der Waals surface area contributed by atoms with Gasteiger partial charge in [0.1, 0.15) is 10.9 Å². The predicted molar refractivity (Wildman–Crippen MR) is 47.4 cm³/mol. The maximum Gasteiger partial charge on any atom is 0.227 e. The quantitative estimate of drug-likeness (QED) is 0.700. The van der Waals surface area contributed by atoms with Gasteiger partial charge in [-0.05, 0) is 28.1 Å². The fourth-order valence-electron chi connectivity index (χ4n) is 0.868. The van der Waals surface area contributed by atoms with Gasteiger partial charge in [-0.15, -0.1) is 0 Å². The van der Waals surface area contributed by atoms with E-state index in [1.165, 1.54) is 6.26 Å². The number of nitrogens with zero attached hydrogens (tertiary/aromatic N) is 2. The monoisotopic (exact) mass is 224 g/mol. The lowest BCUT2D eigenvalue weighted by molar-refractivity contribution is 0.574. The van der Waals surface area contributed by atoms with E-state index in [2.05, 4.69) is 25.9 Å². The molecule has 0 amide bonds. The van der Waals surface area contributed by atoms with Gasteiger partial charge >= 0.3 is 0 Å². The lowest BCUT2D eigenvalue weighted by atomic mass is 10.3. The van der Waals surface area contributed by atoms with Crippen LogP contribution >= 0.6 is 15.9 Å². The summed E-state index contributed by atoms with van der Waals surface area (Å²) in [6.07, 6.45) is 4.85. The average Bonchev–Trinajstić information content (AvgIpc) is 2.58. The standard InChI is InChI=1S/C8H5BrN2O/c9-7-2-1-6(5-11-7)8-10-3-4-12-8/h1-5H. The van der Waals surface area contributed by atoms with Crippen LogP contribution in [0.15, 0.2) is 39.8 Å². The second-order valence-electron chi connectivity index (χ2n) is 2.21. The van der Waals surface area contributed by atoms with E-state index < -0.39 is 0 Å². The highest BCUT2D eigenvalue weighted by Gasteiger charge is 2.00. The Kier molecular flexibility index (Phi) is 1.91. The molecule has 0 unspecified atom stereocenters. The van der Waals surface area contributed by atoms with Crippen LogP contribution < -0.4 is 0 Å². The number of hydrogen-bond donors (Lipinski definition) is 0. The highest BCUT2D eigenvalue weighted by atomic mass is 79.9. The molecular formula is C8H5BrN2O. The van der Waals surface area contributed by atoms with Crippen molar-refractivity contribution in [2.45, 2.75) is 0 Å². The van der Waals surface area contributed by atoms with Crippen LogP contribution in [0, 0.1) is 0 Å². The van der Waals surface area contributed by atoms with E-state index in [-0.39, 0.29) is 0 Å².